The summed E-state index contributed by atoms with van der Waals surface area (Å²) in [4.78, 5) is 0. The van der Waals surface area contributed by atoms with Crippen LogP contribution in [0.2, 0.25) is 25.2 Å². The van der Waals surface area contributed by atoms with Crippen molar-refractivity contribution in [1.29, 1.82) is 0 Å². The van der Waals surface area contributed by atoms with Gasteiger partial charge in [-0.2, -0.15) is 0 Å². The van der Waals surface area contributed by atoms with Gasteiger partial charge in [-0.05, 0) is 24.3 Å². The minimum Gasteiger partial charge on any atom is -0.432 e. The SMILES string of the molecule is CCCC[Si](CC(O)CO)(OC)O[Si](C)(C)c1ccccc1. The second kappa shape index (κ2) is 8.95. The number of benzene rings is 1. The van der Waals surface area contributed by atoms with E-state index in [-0.39, 0.29) is 6.61 Å². The summed E-state index contributed by atoms with van der Waals surface area (Å²) in [6, 6.07) is 11.5. The van der Waals surface area contributed by atoms with E-state index in [2.05, 4.69) is 32.2 Å². The predicted molar refractivity (Wildman–Crippen MR) is 95.0 cm³/mol. The van der Waals surface area contributed by atoms with Crippen molar-refractivity contribution >= 4 is 22.1 Å². The highest BCUT2D eigenvalue weighted by molar-refractivity contribution is 6.91. The zero-order chi connectivity index (χ0) is 16.6. The lowest BCUT2D eigenvalue weighted by Gasteiger charge is -2.38. The average molecular weight is 343 g/mol. The van der Waals surface area contributed by atoms with Crippen molar-refractivity contribution in [2.24, 2.45) is 0 Å². The molecule has 0 heterocycles. The Morgan fingerprint density at radius 1 is 1.18 bits per heavy atom. The molecule has 0 radical (unpaired) electrons. The number of aliphatic hydroxyl groups is 2. The van der Waals surface area contributed by atoms with Crippen molar-refractivity contribution in [1.82, 2.24) is 0 Å². The highest BCUT2D eigenvalue weighted by Gasteiger charge is 2.44. The van der Waals surface area contributed by atoms with Crippen LogP contribution in [0.15, 0.2) is 30.3 Å². The van der Waals surface area contributed by atoms with E-state index in [0.717, 1.165) is 18.9 Å². The number of unbranched alkanes of at least 4 members (excludes halogenated alkanes) is 1. The van der Waals surface area contributed by atoms with Gasteiger partial charge in [-0.3, -0.25) is 0 Å². The maximum Gasteiger partial charge on any atom is 0.330 e. The zero-order valence-corrected chi connectivity index (χ0v) is 16.2. The molecule has 2 atom stereocenters. The third kappa shape index (κ3) is 5.60. The molecule has 0 amide bonds. The molecule has 0 saturated carbocycles. The first kappa shape index (κ1) is 19.5. The molecule has 6 heteroatoms. The molecule has 126 valence electrons. The van der Waals surface area contributed by atoms with Crippen LogP contribution in [0.1, 0.15) is 19.8 Å². The Kier molecular flexibility index (Phi) is 7.95. The summed E-state index contributed by atoms with van der Waals surface area (Å²) in [5.41, 5.74) is 0. The van der Waals surface area contributed by atoms with Crippen molar-refractivity contribution in [3.63, 3.8) is 0 Å². The molecule has 1 aromatic carbocycles. The molecule has 0 spiro atoms. The zero-order valence-electron chi connectivity index (χ0n) is 14.2. The smallest absolute Gasteiger partial charge is 0.330 e. The number of rotatable bonds is 10. The molecule has 0 aromatic heterocycles. The monoisotopic (exact) mass is 342 g/mol. The lowest BCUT2D eigenvalue weighted by atomic mass is 10.4. The lowest BCUT2D eigenvalue weighted by molar-refractivity contribution is 0.0999. The molecular formula is C16H30O4Si2. The van der Waals surface area contributed by atoms with Gasteiger partial charge in [0.2, 0.25) is 8.32 Å². The Balaban J connectivity index is 2.99. The minimum absolute atomic E-state index is 0.249. The van der Waals surface area contributed by atoms with Crippen LogP contribution in [-0.4, -0.2) is 46.9 Å². The maximum absolute atomic E-state index is 9.93. The summed E-state index contributed by atoms with van der Waals surface area (Å²) >= 11 is 0. The van der Waals surface area contributed by atoms with Crippen LogP contribution in [0.5, 0.6) is 0 Å². The summed E-state index contributed by atoms with van der Waals surface area (Å²) in [5.74, 6) is 0. The van der Waals surface area contributed by atoms with E-state index in [0.29, 0.717) is 6.04 Å². The van der Waals surface area contributed by atoms with E-state index in [1.807, 2.05) is 18.2 Å². The van der Waals surface area contributed by atoms with Crippen molar-refractivity contribution in [2.45, 2.75) is 51.1 Å². The third-order valence-electron chi connectivity index (χ3n) is 3.95. The number of hydrogen-bond acceptors (Lipinski definition) is 4. The molecule has 22 heavy (non-hydrogen) atoms. The Hall–Kier alpha value is -0.506. The summed E-state index contributed by atoms with van der Waals surface area (Å²) in [7, 11) is -2.98. The van der Waals surface area contributed by atoms with E-state index >= 15 is 0 Å². The van der Waals surface area contributed by atoms with E-state index < -0.39 is 23.0 Å². The lowest BCUT2D eigenvalue weighted by Crippen LogP contribution is -2.57. The number of aliphatic hydroxyl groups excluding tert-OH is 2. The van der Waals surface area contributed by atoms with E-state index in [1.54, 1.807) is 7.11 Å². The minimum atomic E-state index is -2.54. The predicted octanol–water partition coefficient (Wildman–Crippen LogP) is 2.36. The van der Waals surface area contributed by atoms with Gasteiger partial charge in [-0.1, -0.05) is 50.1 Å². The van der Waals surface area contributed by atoms with Gasteiger partial charge in [0.15, 0.2) is 0 Å². The van der Waals surface area contributed by atoms with Gasteiger partial charge < -0.3 is 18.8 Å². The van der Waals surface area contributed by atoms with Crippen LogP contribution in [0.3, 0.4) is 0 Å². The maximum atomic E-state index is 9.93. The molecule has 2 unspecified atom stereocenters. The summed E-state index contributed by atoms with van der Waals surface area (Å²) < 4.78 is 12.5. The van der Waals surface area contributed by atoms with Gasteiger partial charge >= 0.3 is 8.56 Å². The summed E-state index contributed by atoms with van der Waals surface area (Å²) in [5, 5.41) is 20.4. The first-order valence-electron chi connectivity index (χ1n) is 7.99. The van der Waals surface area contributed by atoms with Crippen LogP contribution in [0.25, 0.3) is 0 Å². The van der Waals surface area contributed by atoms with Crippen LogP contribution in [-0.2, 0) is 8.54 Å². The van der Waals surface area contributed by atoms with Crippen molar-refractivity contribution < 1.29 is 18.8 Å². The van der Waals surface area contributed by atoms with Crippen LogP contribution >= 0.6 is 0 Å². The van der Waals surface area contributed by atoms with Gasteiger partial charge in [0.05, 0.1) is 12.7 Å². The normalized spacial score (nSPS) is 16.3. The molecule has 4 nitrogen and oxygen atoms in total. The average Bonchev–Trinajstić information content (AvgIpc) is 2.53. The fourth-order valence-corrected chi connectivity index (χ4v) is 11.2. The van der Waals surface area contributed by atoms with Crippen molar-refractivity contribution in [3.05, 3.63) is 30.3 Å². The fourth-order valence-electron chi connectivity index (χ4n) is 2.65. The van der Waals surface area contributed by atoms with E-state index in [9.17, 15) is 10.2 Å². The third-order valence-corrected chi connectivity index (χ3v) is 12.2. The highest BCUT2D eigenvalue weighted by atomic mass is 28.4. The van der Waals surface area contributed by atoms with Gasteiger partial charge in [0, 0.05) is 13.2 Å². The highest BCUT2D eigenvalue weighted by Crippen LogP contribution is 2.27. The quantitative estimate of drug-likeness (QED) is 0.641. The molecule has 0 aliphatic carbocycles. The first-order chi connectivity index (χ1) is 10.4. The van der Waals surface area contributed by atoms with Crippen molar-refractivity contribution in [3.8, 4) is 0 Å². The second-order valence-corrected chi connectivity index (χ2v) is 13.8. The van der Waals surface area contributed by atoms with Crippen molar-refractivity contribution in [2.75, 3.05) is 13.7 Å². The standard InChI is InChI=1S/C16H30O4Si2/c1-5-6-12-22(19-2,14-15(18)13-17)20-21(3,4)16-10-8-7-9-11-16/h7-11,15,17-18H,5-6,12-14H2,1-4H3. The van der Waals surface area contributed by atoms with Crippen LogP contribution in [0.4, 0.5) is 0 Å². The molecule has 0 aliphatic heterocycles. The van der Waals surface area contributed by atoms with Gasteiger partial charge in [-0.25, -0.2) is 0 Å². The van der Waals surface area contributed by atoms with Gasteiger partial charge in [0.25, 0.3) is 0 Å². The molecule has 1 rings (SSSR count). The second-order valence-electron chi connectivity index (χ2n) is 6.24. The van der Waals surface area contributed by atoms with Crippen LogP contribution in [0, 0.1) is 0 Å². The molecule has 2 N–H and O–H groups in total. The topological polar surface area (TPSA) is 58.9 Å². The largest absolute Gasteiger partial charge is 0.432 e. The molecule has 0 aliphatic rings. The van der Waals surface area contributed by atoms with E-state index in [1.165, 1.54) is 5.19 Å². The fraction of sp³-hybridized carbons (Fsp3) is 0.625. The van der Waals surface area contributed by atoms with Crippen LogP contribution < -0.4 is 5.19 Å². The summed E-state index contributed by atoms with van der Waals surface area (Å²) in [6.45, 7) is 6.22. The molecular weight excluding hydrogens is 312 g/mol. The Labute approximate surface area is 136 Å². The summed E-state index contributed by atoms with van der Waals surface area (Å²) in [6.07, 6.45) is 1.30. The Morgan fingerprint density at radius 3 is 2.32 bits per heavy atom. The number of hydrogen-bond donors (Lipinski definition) is 2. The molecule has 0 fully saturated rings. The molecule has 0 bridgehead atoms. The Bertz CT molecular complexity index is 427. The molecule has 0 saturated heterocycles. The van der Waals surface area contributed by atoms with E-state index in [4.69, 9.17) is 8.54 Å². The Morgan fingerprint density at radius 2 is 1.82 bits per heavy atom. The van der Waals surface area contributed by atoms with Gasteiger partial charge in [0.1, 0.15) is 0 Å². The molecule has 1 aromatic rings. The first-order valence-corrected chi connectivity index (χ1v) is 13.1. The van der Waals surface area contributed by atoms with Gasteiger partial charge in [-0.15, -0.1) is 0 Å².